The minimum Gasteiger partial charge on any atom is -0.390 e. The molecule has 0 rings (SSSR count). The van der Waals surface area contributed by atoms with Gasteiger partial charge in [0.2, 0.25) is 0 Å². The van der Waals surface area contributed by atoms with Gasteiger partial charge in [0.1, 0.15) is 0 Å². The van der Waals surface area contributed by atoms with Gasteiger partial charge in [0.05, 0.1) is 0 Å². The number of hydrogen-bond donors (Lipinski definition) is 2. The van der Waals surface area contributed by atoms with Gasteiger partial charge in [-0.15, -0.1) is 34.0 Å². The molecule has 0 radical (unpaired) electrons. The molecule has 0 heterocycles. The number of rotatable bonds is 4. The molecule has 2 nitrogen and oxygen atoms in total. The number of hydrogen-bond acceptors (Lipinski definition) is 2. The first-order valence-electron chi connectivity index (χ1n) is 2.56. The molecular weight excluding hydrogens is 328 g/mol. The summed E-state index contributed by atoms with van der Waals surface area (Å²) in [6, 6.07) is 0. The summed E-state index contributed by atoms with van der Waals surface area (Å²) in [5.74, 6) is 0. The highest BCUT2D eigenvalue weighted by molar-refractivity contribution is 9.09. The second-order valence-electron chi connectivity index (χ2n) is 1.28. The van der Waals surface area contributed by atoms with Crippen LogP contribution in [-0.4, -0.2) is 18.4 Å². The lowest BCUT2D eigenvalue weighted by molar-refractivity contribution is 0.928. The van der Waals surface area contributed by atoms with Crippen molar-refractivity contribution in [3.05, 3.63) is 12.3 Å². The zero-order valence-corrected chi connectivity index (χ0v) is 10.6. The molecular formula is C5H13Br3N2. The molecule has 5 heteroatoms. The van der Waals surface area contributed by atoms with E-state index in [0.717, 1.165) is 11.9 Å². The van der Waals surface area contributed by atoms with Crippen molar-refractivity contribution in [2.75, 3.05) is 18.4 Å². The lowest BCUT2D eigenvalue weighted by Crippen LogP contribution is -2.08. The van der Waals surface area contributed by atoms with Crippen molar-refractivity contribution in [1.29, 1.82) is 0 Å². The Labute approximate surface area is 91.3 Å². The predicted octanol–water partition coefficient (Wildman–Crippen LogP) is 1.60. The molecule has 0 aromatic carbocycles. The highest BCUT2D eigenvalue weighted by Gasteiger charge is 1.71. The molecule has 0 saturated heterocycles. The van der Waals surface area contributed by atoms with Gasteiger partial charge in [0, 0.05) is 18.4 Å². The molecule has 0 amide bonds. The summed E-state index contributed by atoms with van der Waals surface area (Å²) in [7, 11) is 0. The molecule has 3 N–H and O–H groups in total. The maximum absolute atomic E-state index is 5.17. The Morgan fingerprint density at radius 3 is 2.40 bits per heavy atom. The summed E-state index contributed by atoms with van der Waals surface area (Å²) in [6.07, 6.45) is 3.74. The fourth-order valence-electron chi connectivity index (χ4n) is 0.289. The van der Waals surface area contributed by atoms with Crippen LogP contribution in [0, 0.1) is 0 Å². The van der Waals surface area contributed by atoms with Gasteiger partial charge in [0.15, 0.2) is 0 Å². The summed E-state index contributed by atoms with van der Waals surface area (Å²) in [4.78, 5) is 0. The van der Waals surface area contributed by atoms with Gasteiger partial charge in [0.25, 0.3) is 0 Å². The molecule has 0 spiro atoms. The lowest BCUT2D eigenvalue weighted by atomic mass is 10.6. The van der Waals surface area contributed by atoms with E-state index in [-0.39, 0.29) is 34.0 Å². The van der Waals surface area contributed by atoms with Gasteiger partial charge in [-0.25, -0.2) is 0 Å². The summed E-state index contributed by atoms with van der Waals surface area (Å²) in [5, 5.41) is 4.00. The summed E-state index contributed by atoms with van der Waals surface area (Å²) in [6.45, 7) is 1.56. The SMILES string of the molecule is Br.Br.NCC=CNCCBr. The van der Waals surface area contributed by atoms with Crippen LogP contribution in [0.3, 0.4) is 0 Å². The normalized spacial score (nSPS) is 8.20. The first-order chi connectivity index (χ1) is 3.91. The molecule has 0 aliphatic rings. The van der Waals surface area contributed by atoms with Gasteiger partial charge in [-0.1, -0.05) is 22.0 Å². The quantitative estimate of drug-likeness (QED) is 0.602. The van der Waals surface area contributed by atoms with Crippen LogP contribution in [0.2, 0.25) is 0 Å². The van der Waals surface area contributed by atoms with Gasteiger partial charge in [-0.05, 0) is 6.20 Å². The molecule has 0 saturated carbocycles. The third-order valence-corrected chi connectivity index (χ3v) is 1.01. The molecule has 0 aromatic rings. The van der Waals surface area contributed by atoms with E-state index in [4.69, 9.17) is 5.73 Å². The largest absolute Gasteiger partial charge is 0.390 e. The van der Waals surface area contributed by atoms with E-state index in [1.165, 1.54) is 0 Å². The Hall–Kier alpha value is 0.940. The van der Waals surface area contributed by atoms with Gasteiger partial charge in [-0.2, -0.15) is 0 Å². The standard InChI is InChI=1S/C5H11BrN2.2BrH/c6-2-5-8-4-1-3-7;;/h1,4,8H,2-3,5,7H2;2*1H. The second-order valence-corrected chi connectivity index (χ2v) is 2.07. The number of halogens is 3. The summed E-state index contributed by atoms with van der Waals surface area (Å²) in [5.41, 5.74) is 5.17. The van der Waals surface area contributed by atoms with Crippen molar-refractivity contribution < 1.29 is 0 Å². The smallest absolute Gasteiger partial charge is 0.0238 e. The molecule has 64 valence electrons. The highest BCUT2D eigenvalue weighted by Crippen LogP contribution is 1.73. The van der Waals surface area contributed by atoms with Gasteiger partial charge in [-0.3, -0.25) is 0 Å². The van der Waals surface area contributed by atoms with Crippen molar-refractivity contribution in [3.63, 3.8) is 0 Å². The molecule has 0 aromatic heterocycles. The first kappa shape index (κ1) is 17.1. The van der Waals surface area contributed by atoms with E-state index in [1.54, 1.807) is 0 Å². The van der Waals surface area contributed by atoms with Crippen molar-refractivity contribution in [1.82, 2.24) is 5.32 Å². The molecule has 0 bridgehead atoms. The first-order valence-corrected chi connectivity index (χ1v) is 3.68. The molecule has 0 unspecified atom stereocenters. The van der Waals surface area contributed by atoms with Crippen LogP contribution in [0.5, 0.6) is 0 Å². The highest BCUT2D eigenvalue weighted by atomic mass is 79.9. The number of alkyl halides is 1. The average molecular weight is 341 g/mol. The Morgan fingerprint density at radius 1 is 1.40 bits per heavy atom. The number of nitrogens with two attached hydrogens (primary N) is 1. The van der Waals surface area contributed by atoms with Gasteiger partial charge >= 0.3 is 0 Å². The van der Waals surface area contributed by atoms with E-state index in [0.29, 0.717) is 6.54 Å². The van der Waals surface area contributed by atoms with E-state index >= 15 is 0 Å². The Morgan fingerprint density at radius 2 is 2.00 bits per heavy atom. The molecule has 0 atom stereocenters. The van der Waals surface area contributed by atoms with Crippen LogP contribution in [0.1, 0.15) is 0 Å². The Bertz CT molecular complexity index is 67.9. The van der Waals surface area contributed by atoms with Crippen LogP contribution in [0.15, 0.2) is 12.3 Å². The van der Waals surface area contributed by atoms with E-state index < -0.39 is 0 Å². The topological polar surface area (TPSA) is 38.0 Å². The van der Waals surface area contributed by atoms with Crippen molar-refractivity contribution in [3.8, 4) is 0 Å². The van der Waals surface area contributed by atoms with Crippen LogP contribution in [-0.2, 0) is 0 Å². The molecule has 0 aliphatic carbocycles. The summed E-state index contributed by atoms with van der Waals surface area (Å²) < 4.78 is 0. The molecule has 0 aliphatic heterocycles. The minimum absolute atomic E-state index is 0. The van der Waals surface area contributed by atoms with E-state index in [9.17, 15) is 0 Å². The zero-order valence-electron chi connectivity index (χ0n) is 5.55. The number of nitrogens with one attached hydrogen (secondary N) is 1. The average Bonchev–Trinajstić information content (AvgIpc) is 1.81. The van der Waals surface area contributed by atoms with Gasteiger partial charge < -0.3 is 11.1 Å². The van der Waals surface area contributed by atoms with Crippen LogP contribution in [0.25, 0.3) is 0 Å². The van der Waals surface area contributed by atoms with Crippen molar-refractivity contribution in [2.24, 2.45) is 5.73 Å². The maximum Gasteiger partial charge on any atom is 0.0238 e. The lowest BCUT2D eigenvalue weighted by Gasteiger charge is -1.91. The van der Waals surface area contributed by atoms with E-state index in [2.05, 4.69) is 21.2 Å². The third kappa shape index (κ3) is 16.0. The molecule has 10 heavy (non-hydrogen) atoms. The van der Waals surface area contributed by atoms with Crippen molar-refractivity contribution >= 4 is 49.9 Å². The Kier molecular flexibility index (Phi) is 28.3. The molecule has 0 fully saturated rings. The monoisotopic (exact) mass is 338 g/mol. The predicted molar refractivity (Wildman–Crippen MR) is 60.6 cm³/mol. The van der Waals surface area contributed by atoms with Crippen LogP contribution >= 0.6 is 49.9 Å². The fourth-order valence-corrected chi connectivity index (χ4v) is 0.518. The van der Waals surface area contributed by atoms with Crippen LogP contribution in [0.4, 0.5) is 0 Å². The van der Waals surface area contributed by atoms with Crippen molar-refractivity contribution in [2.45, 2.75) is 0 Å². The minimum atomic E-state index is 0. The fraction of sp³-hybridized carbons (Fsp3) is 0.600. The third-order valence-electron chi connectivity index (χ3n) is 0.611. The zero-order chi connectivity index (χ0) is 6.24. The van der Waals surface area contributed by atoms with Crippen LogP contribution < -0.4 is 11.1 Å². The maximum atomic E-state index is 5.17. The Balaban J connectivity index is -0.000000245. The van der Waals surface area contributed by atoms with E-state index in [1.807, 2.05) is 12.3 Å². The second kappa shape index (κ2) is 16.5. The summed E-state index contributed by atoms with van der Waals surface area (Å²) >= 11 is 3.27.